The van der Waals surface area contributed by atoms with Crippen LogP contribution in [0.25, 0.3) is 10.9 Å². The Labute approximate surface area is 145 Å². The Morgan fingerprint density at radius 3 is 2.88 bits per heavy atom. The van der Waals surface area contributed by atoms with Gasteiger partial charge in [0.2, 0.25) is 0 Å². The fraction of sp³-hybridized carbons (Fsp3) is 0.500. The molecule has 3 unspecified atom stereocenters. The average molecular weight is 343 g/mol. The molecule has 126 valence electrons. The summed E-state index contributed by atoms with van der Waals surface area (Å²) in [5.41, 5.74) is 1.01. The molecule has 2 fully saturated rings. The van der Waals surface area contributed by atoms with Gasteiger partial charge >= 0.3 is 0 Å². The van der Waals surface area contributed by atoms with Crippen molar-refractivity contribution in [3.05, 3.63) is 38.9 Å². The summed E-state index contributed by atoms with van der Waals surface area (Å²) < 4.78 is 0.277. The van der Waals surface area contributed by atoms with E-state index >= 15 is 0 Å². The third-order valence-electron chi connectivity index (χ3n) is 5.57. The molecule has 1 aliphatic carbocycles. The number of nitrogens with one attached hydrogen (secondary N) is 2. The highest BCUT2D eigenvalue weighted by Gasteiger charge is 2.42. The molecule has 1 saturated heterocycles. The number of fused-ring (bicyclic) bond motifs is 2. The van der Waals surface area contributed by atoms with E-state index in [1.807, 2.05) is 0 Å². The van der Waals surface area contributed by atoms with Gasteiger partial charge in [-0.15, -0.1) is 0 Å². The van der Waals surface area contributed by atoms with Crippen molar-refractivity contribution >= 4 is 29.0 Å². The quantitative estimate of drug-likeness (QED) is 0.780. The van der Waals surface area contributed by atoms with Gasteiger partial charge in [-0.05, 0) is 62.5 Å². The van der Waals surface area contributed by atoms with Crippen molar-refractivity contribution in [2.45, 2.75) is 51.1 Å². The van der Waals surface area contributed by atoms with E-state index in [0.29, 0.717) is 28.4 Å². The second-order valence-electron chi connectivity index (χ2n) is 7.08. The van der Waals surface area contributed by atoms with Crippen molar-refractivity contribution in [1.29, 1.82) is 0 Å². The lowest BCUT2D eigenvalue weighted by molar-refractivity contribution is 0.0633. The molecule has 2 heterocycles. The molecule has 0 radical (unpaired) electrons. The first-order chi connectivity index (χ1) is 11.5. The zero-order valence-corrected chi connectivity index (χ0v) is 14.5. The van der Waals surface area contributed by atoms with Gasteiger partial charge in [0.25, 0.3) is 11.5 Å². The number of nitrogens with zero attached hydrogens (tertiary/aromatic N) is 1. The maximum absolute atomic E-state index is 13.1. The van der Waals surface area contributed by atoms with Crippen LogP contribution in [0, 0.1) is 10.7 Å². The van der Waals surface area contributed by atoms with E-state index in [-0.39, 0.29) is 22.3 Å². The van der Waals surface area contributed by atoms with E-state index in [0.717, 1.165) is 12.8 Å². The molecule has 1 aromatic heterocycles. The molecular formula is C18H21N3O2S. The molecule has 0 spiro atoms. The molecule has 5 nitrogen and oxygen atoms in total. The topological polar surface area (TPSA) is 69.0 Å². The minimum absolute atomic E-state index is 0.0680. The standard InChI is InChI=1S/C18H21N3O2S/c1-10-8-11-4-2-3-5-15(11)21(10)17(23)12-6-7-13-14(9-12)19-18(24)20-16(13)22/h6-7,9-11,15H,2-5,8H2,1H3,(H2,19,20,22,24). The number of hydrogen-bond donors (Lipinski definition) is 2. The fourth-order valence-electron chi connectivity index (χ4n) is 4.51. The lowest BCUT2D eigenvalue weighted by Crippen LogP contribution is -2.42. The maximum Gasteiger partial charge on any atom is 0.259 e. The summed E-state index contributed by atoms with van der Waals surface area (Å²) in [6.07, 6.45) is 5.94. The number of carbonyl (C=O) groups excluding carboxylic acids is 1. The molecule has 3 atom stereocenters. The number of rotatable bonds is 1. The Hall–Kier alpha value is -1.95. The highest BCUT2D eigenvalue weighted by molar-refractivity contribution is 7.71. The summed E-state index contributed by atoms with van der Waals surface area (Å²) in [6.45, 7) is 2.15. The number of H-pyrrole nitrogens is 2. The Morgan fingerprint density at radius 2 is 2.04 bits per heavy atom. The Morgan fingerprint density at radius 1 is 1.25 bits per heavy atom. The Balaban J connectivity index is 1.73. The van der Waals surface area contributed by atoms with Gasteiger partial charge in [-0.1, -0.05) is 12.8 Å². The number of aromatic amines is 2. The summed E-state index contributed by atoms with van der Waals surface area (Å²) in [7, 11) is 0. The first-order valence-electron chi connectivity index (χ1n) is 8.63. The van der Waals surface area contributed by atoms with Gasteiger partial charge in [0.15, 0.2) is 4.77 Å². The number of likely N-dealkylation sites (tertiary alicyclic amines) is 1. The molecule has 1 saturated carbocycles. The monoisotopic (exact) mass is 343 g/mol. The van der Waals surface area contributed by atoms with Crippen molar-refractivity contribution in [1.82, 2.24) is 14.9 Å². The van der Waals surface area contributed by atoms with Crippen LogP contribution in [-0.4, -0.2) is 32.9 Å². The van der Waals surface area contributed by atoms with Crippen molar-refractivity contribution in [2.24, 2.45) is 5.92 Å². The third kappa shape index (κ3) is 2.49. The zero-order valence-electron chi connectivity index (χ0n) is 13.7. The molecular weight excluding hydrogens is 322 g/mol. The third-order valence-corrected chi connectivity index (χ3v) is 5.77. The van der Waals surface area contributed by atoms with E-state index in [4.69, 9.17) is 12.2 Å². The van der Waals surface area contributed by atoms with Gasteiger partial charge in [-0.2, -0.15) is 0 Å². The second-order valence-corrected chi connectivity index (χ2v) is 7.49. The Bertz CT molecular complexity index is 916. The molecule has 4 rings (SSSR count). The lowest BCUT2D eigenvalue weighted by Gasteiger charge is -2.33. The summed E-state index contributed by atoms with van der Waals surface area (Å²) in [5.74, 6) is 0.713. The van der Waals surface area contributed by atoms with Gasteiger partial charge < -0.3 is 9.88 Å². The van der Waals surface area contributed by atoms with E-state index in [1.54, 1.807) is 18.2 Å². The normalized spacial score (nSPS) is 26.5. The van der Waals surface area contributed by atoms with Crippen LogP contribution in [0.4, 0.5) is 0 Å². The van der Waals surface area contributed by atoms with E-state index in [1.165, 1.54) is 19.3 Å². The average Bonchev–Trinajstić information content (AvgIpc) is 2.89. The predicted octanol–water partition coefficient (Wildman–Crippen LogP) is 3.38. The van der Waals surface area contributed by atoms with E-state index in [2.05, 4.69) is 21.8 Å². The zero-order chi connectivity index (χ0) is 16.8. The number of amides is 1. The summed E-state index contributed by atoms with van der Waals surface area (Å²) >= 11 is 5.03. The summed E-state index contributed by atoms with van der Waals surface area (Å²) in [4.78, 5) is 32.7. The van der Waals surface area contributed by atoms with Crippen LogP contribution in [0.15, 0.2) is 23.0 Å². The summed E-state index contributed by atoms with van der Waals surface area (Å²) in [6, 6.07) is 5.85. The minimum atomic E-state index is -0.227. The highest BCUT2D eigenvalue weighted by atomic mass is 32.1. The molecule has 2 N–H and O–H groups in total. The number of benzene rings is 1. The lowest BCUT2D eigenvalue weighted by atomic mass is 9.85. The van der Waals surface area contributed by atoms with Crippen LogP contribution < -0.4 is 5.56 Å². The molecule has 6 heteroatoms. The van der Waals surface area contributed by atoms with Crippen LogP contribution in [0.1, 0.15) is 49.4 Å². The van der Waals surface area contributed by atoms with Crippen LogP contribution >= 0.6 is 12.2 Å². The SMILES string of the molecule is CC1CC2CCCCC2N1C(=O)c1ccc2c(=O)[nH]c(=S)[nH]c2c1. The van der Waals surface area contributed by atoms with Crippen LogP contribution in [0.5, 0.6) is 0 Å². The van der Waals surface area contributed by atoms with Crippen LogP contribution in [-0.2, 0) is 0 Å². The van der Waals surface area contributed by atoms with Gasteiger partial charge in [0.1, 0.15) is 0 Å². The molecule has 2 aromatic rings. The van der Waals surface area contributed by atoms with E-state index in [9.17, 15) is 9.59 Å². The predicted molar refractivity (Wildman–Crippen MR) is 95.7 cm³/mol. The van der Waals surface area contributed by atoms with Crippen molar-refractivity contribution < 1.29 is 4.79 Å². The van der Waals surface area contributed by atoms with Crippen LogP contribution in [0.3, 0.4) is 0 Å². The number of aromatic nitrogens is 2. The summed E-state index contributed by atoms with van der Waals surface area (Å²) in [5, 5.41) is 0.519. The first kappa shape index (κ1) is 15.6. The molecule has 1 aliphatic heterocycles. The molecule has 0 bridgehead atoms. The van der Waals surface area contributed by atoms with Gasteiger partial charge in [0.05, 0.1) is 10.9 Å². The Kier molecular flexibility index (Phi) is 3.79. The molecule has 24 heavy (non-hydrogen) atoms. The van der Waals surface area contributed by atoms with Crippen molar-refractivity contribution in [3.8, 4) is 0 Å². The maximum atomic E-state index is 13.1. The van der Waals surface area contributed by atoms with Gasteiger partial charge in [0, 0.05) is 17.6 Å². The van der Waals surface area contributed by atoms with Gasteiger partial charge in [-0.3, -0.25) is 14.6 Å². The minimum Gasteiger partial charge on any atom is -0.333 e. The second kappa shape index (κ2) is 5.84. The molecule has 1 amide bonds. The smallest absolute Gasteiger partial charge is 0.259 e. The largest absolute Gasteiger partial charge is 0.333 e. The molecule has 2 aliphatic rings. The van der Waals surface area contributed by atoms with Gasteiger partial charge in [-0.25, -0.2) is 0 Å². The van der Waals surface area contributed by atoms with E-state index < -0.39 is 0 Å². The highest BCUT2D eigenvalue weighted by Crippen LogP contribution is 2.40. The van der Waals surface area contributed by atoms with Crippen LogP contribution in [0.2, 0.25) is 0 Å². The number of carbonyl (C=O) groups is 1. The number of hydrogen-bond acceptors (Lipinski definition) is 3. The fourth-order valence-corrected chi connectivity index (χ4v) is 4.71. The first-order valence-corrected chi connectivity index (χ1v) is 9.04. The van der Waals surface area contributed by atoms with Crippen molar-refractivity contribution in [3.63, 3.8) is 0 Å². The molecule has 1 aromatic carbocycles. The van der Waals surface area contributed by atoms with Crippen molar-refractivity contribution in [2.75, 3.05) is 0 Å².